The molecule has 0 aliphatic carbocycles. The zero-order chi connectivity index (χ0) is 17.3. The van der Waals surface area contributed by atoms with Gasteiger partial charge >= 0.3 is 0 Å². The third-order valence-electron chi connectivity index (χ3n) is 3.47. The second-order valence-corrected chi connectivity index (χ2v) is 7.78. The highest BCUT2D eigenvalue weighted by Crippen LogP contribution is 2.42. The summed E-state index contributed by atoms with van der Waals surface area (Å²) in [6, 6.07) is 9.64. The van der Waals surface area contributed by atoms with E-state index in [1.54, 1.807) is 0 Å². The summed E-state index contributed by atoms with van der Waals surface area (Å²) in [5.41, 5.74) is 1.70. The highest BCUT2D eigenvalue weighted by Gasteiger charge is 2.22. The quantitative estimate of drug-likeness (QED) is 0.899. The molecule has 126 valence electrons. The van der Waals surface area contributed by atoms with Crippen LogP contribution in [0.4, 0.5) is 0 Å². The van der Waals surface area contributed by atoms with E-state index in [0.29, 0.717) is 11.5 Å². The van der Waals surface area contributed by atoms with Crippen LogP contribution in [-0.4, -0.2) is 23.9 Å². The highest BCUT2D eigenvalue weighted by atomic mass is 32.1. The molecule has 2 aromatic rings. The number of hydrogen-bond donors (Lipinski definition) is 2. The first kappa shape index (κ1) is 16.5. The van der Waals surface area contributed by atoms with Crippen LogP contribution in [-0.2, 0) is 11.4 Å². The molecule has 0 fully saturated rings. The predicted molar refractivity (Wildman–Crippen MR) is 94.3 cm³/mol. The van der Waals surface area contributed by atoms with Crippen molar-refractivity contribution in [3.8, 4) is 16.2 Å². The lowest BCUT2D eigenvalue weighted by Gasteiger charge is -2.20. The van der Waals surface area contributed by atoms with Crippen LogP contribution in [0.5, 0.6) is 5.75 Å². The molecule has 0 atom stereocenters. The number of fused-ring (bicyclic) bond motifs is 3. The third-order valence-corrected chi connectivity index (χ3v) is 4.68. The third kappa shape index (κ3) is 3.59. The van der Waals surface area contributed by atoms with Crippen molar-refractivity contribution in [1.29, 1.82) is 0 Å². The van der Waals surface area contributed by atoms with Crippen molar-refractivity contribution in [2.45, 2.75) is 32.9 Å². The number of nitrogens with one attached hydrogen (secondary N) is 2. The van der Waals surface area contributed by atoms with Gasteiger partial charge in [-0.15, -0.1) is 11.3 Å². The summed E-state index contributed by atoms with van der Waals surface area (Å²) in [4.78, 5) is 25.8. The van der Waals surface area contributed by atoms with Crippen LogP contribution in [0.2, 0.25) is 0 Å². The summed E-state index contributed by atoms with van der Waals surface area (Å²) in [6.45, 7) is 6.12. The Morgan fingerprint density at radius 3 is 2.75 bits per heavy atom. The molecule has 2 amide bonds. The molecule has 1 aliphatic rings. The van der Waals surface area contributed by atoms with Crippen molar-refractivity contribution in [3.05, 3.63) is 40.8 Å². The SMILES string of the molecule is CC(C)(C)NC(=O)CNC(=O)c1cc2c(s1)-c1ccccc1OC2. The van der Waals surface area contributed by atoms with E-state index in [1.807, 2.05) is 51.1 Å². The normalized spacial score (nSPS) is 12.6. The van der Waals surface area contributed by atoms with Crippen molar-refractivity contribution >= 4 is 23.2 Å². The Balaban J connectivity index is 1.70. The summed E-state index contributed by atoms with van der Waals surface area (Å²) >= 11 is 1.43. The fourth-order valence-corrected chi connectivity index (χ4v) is 3.64. The largest absolute Gasteiger partial charge is 0.488 e. The first-order valence-corrected chi connectivity index (χ1v) is 8.59. The van der Waals surface area contributed by atoms with E-state index >= 15 is 0 Å². The second kappa shape index (κ2) is 6.28. The maximum Gasteiger partial charge on any atom is 0.261 e. The molecule has 0 unspecified atom stereocenters. The molecule has 1 aromatic carbocycles. The van der Waals surface area contributed by atoms with Crippen LogP contribution < -0.4 is 15.4 Å². The molecule has 0 radical (unpaired) electrons. The molecule has 0 spiro atoms. The van der Waals surface area contributed by atoms with E-state index in [1.165, 1.54) is 11.3 Å². The van der Waals surface area contributed by atoms with E-state index in [2.05, 4.69) is 10.6 Å². The van der Waals surface area contributed by atoms with Gasteiger partial charge in [0.15, 0.2) is 0 Å². The number of ether oxygens (including phenoxy) is 1. The molecule has 5 nitrogen and oxygen atoms in total. The Labute approximate surface area is 145 Å². The minimum Gasteiger partial charge on any atom is -0.488 e. The number of carbonyl (C=O) groups is 2. The zero-order valence-corrected chi connectivity index (χ0v) is 14.8. The number of thiophene rings is 1. The van der Waals surface area contributed by atoms with E-state index in [0.717, 1.165) is 21.8 Å². The van der Waals surface area contributed by atoms with Crippen LogP contribution in [0.25, 0.3) is 10.4 Å². The van der Waals surface area contributed by atoms with E-state index in [4.69, 9.17) is 4.74 Å². The fourth-order valence-electron chi connectivity index (χ4n) is 2.52. The molecular formula is C18H20N2O3S. The Kier molecular flexibility index (Phi) is 4.32. The Morgan fingerprint density at radius 1 is 1.25 bits per heavy atom. The molecule has 2 heterocycles. The average Bonchev–Trinajstić information content (AvgIpc) is 2.95. The summed E-state index contributed by atoms with van der Waals surface area (Å²) < 4.78 is 5.71. The molecule has 0 saturated heterocycles. The maximum atomic E-state index is 12.3. The smallest absolute Gasteiger partial charge is 0.261 e. The summed E-state index contributed by atoms with van der Waals surface area (Å²) in [6.07, 6.45) is 0. The lowest BCUT2D eigenvalue weighted by molar-refractivity contribution is -0.121. The summed E-state index contributed by atoms with van der Waals surface area (Å²) in [5, 5.41) is 5.49. The predicted octanol–water partition coefficient (Wildman–Crippen LogP) is 2.95. The standard InChI is InChI=1S/C18H20N2O3S/c1-18(2,3)20-15(21)9-19-17(22)14-8-11-10-23-13-7-5-4-6-12(13)16(11)24-14/h4-8H,9-10H2,1-3H3,(H,19,22)(H,20,21). The van der Waals surface area contributed by atoms with Gasteiger partial charge in [0.05, 0.1) is 11.4 Å². The maximum absolute atomic E-state index is 12.3. The van der Waals surface area contributed by atoms with Gasteiger partial charge in [-0.05, 0) is 39.0 Å². The van der Waals surface area contributed by atoms with E-state index in [9.17, 15) is 9.59 Å². The van der Waals surface area contributed by atoms with Crippen molar-refractivity contribution in [2.75, 3.05) is 6.54 Å². The van der Waals surface area contributed by atoms with Crippen LogP contribution in [0.1, 0.15) is 36.0 Å². The topological polar surface area (TPSA) is 67.4 Å². The number of carbonyl (C=O) groups excluding carboxylic acids is 2. The van der Waals surface area contributed by atoms with Crippen molar-refractivity contribution < 1.29 is 14.3 Å². The monoisotopic (exact) mass is 344 g/mol. The van der Waals surface area contributed by atoms with Crippen LogP contribution in [0, 0.1) is 0 Å². The van der Waals surface area contributed by atoms with Gasteiger partial charge in [0, 0.05) is 21.5 Å². The van der Waals surface area contributed by atoms with Gasteiger partial charge in [-0.3, -0.25) is 9.59 Å². The molecule has 0 bridgehead atoms. The first-order chi connectivity index (χ1) is 11.3. The Morgan fingerprint density at radius 2 is 2.00 bits per heavy atom. The fraction of sp³-hybridized carbons (Fsp3) is 0.333. The number of benzene rings is 1. The number of hydrogen-bond acceptors (Lipinski definition) is 4. The van der Waals surface area contributed by atoms with Crippen LogP contribution >= 0.6 is 11.3 Å². The highest BCUT2D eigenvalue weighted by molar-refractivity contribution is 7.17. The zero-order valence-electron chi connectivity index (χ0n) is 13.9. The van der Waals surface area contributed by atoms with Gasteiger partial charge in [-0.2, -0.15) is 0 Å². The number of amides is 2. The molecule has 0 saturated carbocycles. The lowest BCUT2D eigenvalue weighted by Crippen LogP contribution is -2.45. The van der Waals surface area contributed by atoms with E-state index in [-0.39, 0.29) is 23.9 Å². The molecule has 1 aliphatic heterocycles. The molecular weight excluding hydrogens is 324 g/mol. The molecule has 3 rings (SSSR count). The van der Waals surface area contributed by atoms with Crippen molar-refractivity contribution in [2.24, 2.45) is 0 Å². The summed E-state index contributed by atoms with van der Waals surface area (Å²) in [7, 11) is 0. The van der Waals surface area contributed by atoms with Crippen molar-refractivity contribution in [1.82, 2.24) is 10.6 Å². The van der Waals surface area contributed by atoms with Gasteiger partial charge in [0.2, 0.25) is 5.91 Å². The van der Waals surface area contributed by atoms with Gasteiger partial charge < -0.3 is 15.4 Å². The van der Waals surface area contributed by atoms with Crippen LogP contribution in [0.15, 0.2) is 30.3 Å². The lowest BCUT2D eigenvalue weighted by atomic mass is 10.1. The average molecular weight is 344 g/mol. The summed E-state index contributed by atoms with van der Waals surface area (Å²) in [5.74, 6) is 0.394. The minimum atomic E-state index is -0.315. The van der Waals surface area contributed by atoms with Gasteiger partial charge in [0.25, 0.3) is 5.91 Å². The van der Waals surface area contributed by atoms with Gasteiger partial charge in [-0.25, -0.2) is 0 Å². The minimum absolute atomic E-state index is 0.0360. The Bertz CT molecular complexity index is 790. The molecule has 6 heteroatoms. The van der Waals surface area contributed by atoms with E-state index < -0.39 is 0 Å². The van der Waals surface area contributed by atoms with Crippen molar-refractivity contribution in [3.63, 3.8) is 0 Å². The number of rotatable bonds is 3. The van der Waals surface area contributed by atoms with Gasteiger partial charge in [0.1, 0.15) is 12.4 Å². The second-order valence-electron chi connectivity index (χ2n) is 6.73. The first-order valence-electron chi connectivity index (χ1n) is 7.77. The molecule has 2 N–H and O–H groups in total. The molecule has 24 heavy (non-hydrogen) atoms. The molecule has 1 aromatic heterocycles. The van der Waals surface area contributed by atoms with Gasteiger partial charge in [-0.1, -0.05) is 12.1 Å². The van der Waals surface area contributed by atoms with Crippen LogP contribution in [0.3, 0.4) is 0 Å². The Hall–Kier alpha value is -2.34. The number of para-hydroxylation sites is 1.